The maximum absolute atomic E-state index is 13.2. The monoisotopic (exact) mass is 420 g/mol. The van der Waals surface area contributed by atoms with Gasteiger partial charge in [0.2, 0.25) is 5.91 Å². The number of nitrogens with zero attached hydrogens (tertiary/aromatic N) is 1. The Balaban J connectivity index is 1.45. The van der Waals surface area contributed by atoms with Crippen LogP contribution in [0.5, 0.6) is 0 Å². The van der Waals surface area contributed by atoms with E-state index in [1.807, 2.05) is 24.3 Å². The van der Waals surface area contributed by atoms with E-state index in [1.54, 1.807) is 30.3 Å². The first-order valence-corrected chi connectivity index (χ1v) is 11.4. The molecule has 0 saturated heterocycles. The summed E-state index contributed by atoms with van der Waals surface area (Å²) in [5.74, 6) is -0.308. The minimum atomic E-state index is -3.80. The van der Waals surface area contributed by atoms with Crippen molar-refractivity contribution < 1.29 is 13.2 Å². The van der Waals surface area contributed by atoms with Crippen molar-refractivity contribution in [2.45, 2.75) is 24.7 Å². The number of carbonyl (C=O) groups is 1. The highest BCUT2D eigenvalue weighted by molar-refractivity contribution is 7.93. The molecule has 5 nitrogen and oxygen atoms in total. The lowest BCUT2D eigenvalue weighted by Gasteiger charge is -2.31. The molecule has 6 heteroatoms. The Labute approximate surface area is 177 Å². The molecule has 3 aromatic rings. The lowest BCUT2D eigenvalue weighted by molar-refractivity contribution is -0.119. The lowest BCUT2D eigenvalue weighted by Crippen LogP contribution is -2.42. The molecule has 1 amide bonds. The summed E-state index contributed by atoms with van der Waals surface area (Å²) >= 11 is 0. The fourth-order valence-corrected chi connectivity index (χ4v) is 5.47. The van der Waals surface area contributed by atoms with Gasteiger partial charge in [-0.05, 0) is 37.5 Å². The Hall–Kier alpha value is -3.12. The van der Waals surface area contributed by atoms with Gasteiger partial charge in [-0.15, -0.1) is 0 Å². The van der Waals surface area contributed by atoms with Crippen molar-refractivity contribution in [3.8, 4) is 11.1 Å². The molecule has 1 N–H and O–H groups in total. The predicted molar refractivity (Wildman–Crippen MR) is 119 cm³/mol. The molecule has 4 rings (SSSR count). The average Bonchev–Trinajstić information content (AvgIpc) is 2.74. The fraction of sp³-hybridized carbons (Fsp3) is 0.208. The maximum Gasteiger partial charge on any atom is 0.265 e. The third-order valence-electron chi connectivity index (χ3n) is 5.25. The number of carbonyl (C=O) groups excluding carboxylic acids is 1. The topological polar surface area (TPSA) is 66.5 Å². The number of hydrogen-bond acceptors (Lipinski definition) is 3. The summed E-state index contributed by atoms with van der Waals surface area (Å²) in [5, 5.41) is 2.86. The highest BCUT2D eigenvalue weighted by Crippen LogP contribution is 2.42. The van der Waals surface area contributed by atoms with Crippen molar-refractivity contribution in [1.82, 2.24) is 5.32 Å². The van der Waals surface area contributed by atoms with Gasteiger partial charge in [0.1, 0.15) is 6.54 Å². The zero-order chi connectivity index (χ0) is 21.1. The number of amides is 1. The Morgan fingerprint density at radius 2 is 1.67 bits per heavy atom. The minimum absolute atomic E-state index is 0.232. The zero-order valence-electron chi connectivity index (χ0n) is 16.8. The molecule has 1 aliphatic rings. The molecular formula is C24H24N2O3S. The van der Waals surface area contributed by atoms with Crippen LogP contribution in [0, 0.1) is 6.92 Å². The largest absolute Gasteiger partial charge is 0.355 e. The first-order valence-electron chi connectivity index (χ1n) is 10.0. The van der Waals surface area contributed by atoms with E-state index in [-0.39, 0.29) is 17.3 Å². The van der Waals surface area contributed by atoms with Gasteiger partial charge in [-0.3, -0.25) is 9.10 Å². The molecule has 0 atom stereocenters. The Morgan fingerprint density at radius 3 is 2.47 bits per heavy atom. The van der Waals surface area contributed by atoms with E-state index in [1.165, 1.54) is 15.4 Å². The van der Waals surface area contributed by atoms with Gasteiger partial charge in [-0.1, -0.05) is 66.2 Å². The van der Waals surface area contributed by atoms with Gasteiger partial charge in [-0.25, -0.2) is 8.42 Å². The second kappa shape index (κ2) is 8.32. The summed E-state index contributed by atoms with van der Waals surface area (Å²) in [7, 11) is -3.80. The quantitative estimate of drug-likeness (QED) is 0.615. The summed E-state index contributed by atoms with van der Waals surface area (Å²) in [6.45, 7) is 2.32. The van der Waals surface area contributed by atoms with Gasteiger partial charge in [0.25, 0.3) is 10.0 Å². The van der Waals surface area contributed by atoms with Crippen molar-refractivity contribution in [1.29, 1.82) is 0 Å². The van der Waals surface area contributed by atoms with Crippen LogP contribution in [0.4, 0.5) is 5.69 Å². The van der Waals surface area contributed by atoms with Gasteiger partial charge >= 0.3 is 0 Å². The van der Waals surface area contributed by atoms with E-state index in [0.29, 0.717) is 17.8 Å². The summed E-state index contributed by atoms with van der Waals surface area (Å²) in [6, 6.07) is 22.5. The van der Waals surface area contributed by atoms with E-state index >= 15 is 0 Å². The summed E-state index contributed by atoms with van der Waals surface area (Å²) in [5.41, 5.74) is 4.46. The molecule has 0 bridgehead atoms. The van der Waals surface area contributed by atoms with Gasteiger partial charge in [0, 0.05) is 17.7 Å². The number of benzene rings is 3. The molecular weight excluding hydrogens is 396 g/mol. The van der Waals surface area contributed by atoms with Crippen LogP contribution in [-0.2, 0) is 21.2 Å². The average molecular weight is 421 g/mol. The molecule has 0 saturated carbocycles. The number of nitrogens with one attached hydrogen (secondary N) is 1. The van der Waals surface area contributed by atoms with E-state index < -0.39 is 10.0 Å². The van der Waals surface area contributed by atoms with E-state index in [9.17, 15) is 13.2 Å². The molecule has 1 heterocycles. The van der Waals surface area contributed by atoms with Crippen LogP contribution in [0.3, 0.4) is 0 Å². The summed E-state index contributed by atoms with van der Waals surface area (Å²) < 4.78 is 27.6. The van der Waals surface area contributed by atoms with Crippen LogP contribution in [-0.4, -0.2) is 27.4 Å². The van der Waals surface area contributed by atoms with Gasteiger partial charge < -0.3 is 5.32 Å². The number of hydrogen-bond donors (Lipinski definition) is 1. The zero-order valence-corrected chi connectivity index (χ0v) is 17.7. The van der Waals surface area contributed by atoms with Crippen LogP contribution < -0.4 is 9.62 Å². The third-order valence-corrected chi connectivity index (χ3v) is 7.07. The normalized spacial score (nSPS) is 14.0. The predicted octanol–water partition coefficient (Wildman–Crippen LogP) is 3.92. The molecule has 0 aliphatic carbocycles. The first kappa shape index (κ1) is 20.2. The Bertz CT molecular complexity index is 1190. The molecule has 0 fully saturated rings. The second-order valence-electron chi connectivity index (χ2n) is 7.47. The van der Waals surface area contributed by atoms with Gasteiger partial charge in [0.15, 0.2) is 0 Å². The van der Waals surface area contributed by atoms with Crippen LogP contribution in [0.25, 0.3) is 11.1 Å². The number of para-hydroxylation sites is 1. The van der Waals surface area contributed by atoms with E-state index in [4.69, 9.17) is 0 Å². The summed E-state index contributed by atoms with van der Waals surface area (Å²) in [4.78, 5) is 12.8. The van der Waals surface area contributed by atoms with Crippen LogP contribution in [0.15, 0.2) is 77.7 Å². The molecule has 0 unspecified atom stereocenters. The maximum atomic E-state index is 13.2. The SMILES string of the molecule is Cc1cccc(CCCNC(=O)CN2c3ccccc3-c3ccccc3S2(=O)=O)c1. The third kappa shape index (κ3) is 3.96. The lowest BCUT2D eigenvalue weighted by atomic mass is 10.0. The van der Waals surface area contributed by atoms with Crippen molar-refractivity contribution in [3.05, 3.63) is 83.9 Å². The molecule has 0 radical (unpaired) electrons. The summed E-state index contributed by atoms with van der Waals surface area (Å²) in [6.07, 6.45) is 1.65. The first-order chi connectivity index (χ1) is 14.5. The van der Waals surface area contributed by atoms with Gasteiger partial charge in [-0.2, -0.15) is 0 Å². The smallest absolute Gasteiger partial charge is 0.265 e. The highest BCUT2D eigenvalue weighted by atomic mass is 32.2. The minimum Gasteiger partial charge on any atom is -0.355 e. The number of anilines is 1. The number of rotatable bonds is 6. The van der Waals surface area contributed by atoms with Crippen molar-refractivity contribution in [3.63, 3.8) is 0 Å². The van der Waals surface area contributed by atoms with Gasteiger partial charge in [0.05, 0.1) is 10.6 Å². The molecule has 30 heavy (non-hydrogen) atoms. The van der Waals surface area contributed by atoms with E-state index in [0.717, 1.165) is 18.4 Å². The molecule has 154 valence electrons. The molecule has 0 aromatic heterocycles. The Kier molecular flexibility index (Phi) is 5.59. The molecule has 1 aliphatic heterocycles. The fourth-order valence-electron chi connectivity index (χ4n) is 3.83. The highest BCUT2D eigenvalue weighted by Gasteiger charge is 2.35. The van der Waals surface area contributed by atoms with Crippen molar-refractivity contribution in [2.75, 3.05) is 17.4 Å². The number of fused-ring (bicyclic) bond motifs is 3. The standard InChI is InChI=1S/C24H24N2O3S/c1-18-8-6-9-19(16-18)10-7-15-25-24(27)17-26-22-13-4-2-11-20(22)21-12-3-5-14-23(21)30(26,28)29/h2-6,8-9,11-14,16H,7,10,15,17H2,1H3,(H,25,27). The van der Waals surface area contributed by atoms with Crippen LogP contribution in [0.1, 0.15) is 17.5 Å². The number of sulfonamides is 1. The molecule has 0 spiro atoms. The Morgan fingerprint density at radius 1 is 0.933 bits per heavy atom. The molecule has 3 aromatic carbocycles. The van der Waals surface area contributed by atoms with Crippen LogP contribution >= 0.6 is 0 Å². The van der Waals surface area contributed by atoms with Crippen LogP contribution in [0.2, 0.25) is 0 Å². The van der Waals surface area contributed by atoms with E-state index in [2.05, 4.69) is 30.4 Å². The second-order valence-corrected chi connectivity index (χ2v) is 9.30. The van der Waals surface area contributed by atoms with Crippen molar-refractivity contribution in [2.24, 2.45) is 0 Å². The number of aryl methyl sites for hydroxylation is 2. The van der Waals surface area contributed by atoms with Crippen molar-refractivity contribution >= 4 is 21.6 Å².